The van der Waals surface area contributed by atoms with Crippen molar-refractivity contribution in [1.82, 2.24) is 10.2 Å². The predicted molar refractivity (Wildman–Crippen MR) is 45.4 cm³/mol. The van der Waals surface area contributed by atoms with Crippen LogP contribution in [-0.4, -0.2) is 15.3 Å². The summed E-state index contributed by atoms with van der Waals surface area (Å²) in [5.41, 5.74) is -0.649. The third-order valence-corrected chi connectivity index (χ3v) is 3.53. The molecule has 0 aliphatic heterocycles. The molecule has 1 N–H and O–H groups in total. The molecular weight excluding hydrogens is 228 g/mol. The molecule has 0 aromatic carbocycles. The molecule has 0 spiro atoms. The molecule has 11 heavy (non-hydrogen) atoms. The van der Waals surface area contributed by atoms with Crippen LogP contribution in [0.25, 0.3) is 0 Å². The van der Waals surface area contributed by atoms with Crippen molar-refractivity contribution in [2.45, 2.75) is 24.9 Å². The molecule has 1 aromatic heterocycles. The largest absolute Gasteiger partial charge is 0.383 e. The average Bonchev–Trinajstić information content (AvgIpc) is 2.31. The maximum absolute atomic E-state index is 9.78. The fraction of sp³-hybridized carbons (Fsp3) is 0.667. The maximum Gasteiger partial charge on any atom is 0.183 e. The highest BCUT2D eigenvalue weighted by Gasteiger charge is 2.39. The van der Waals surface area contributed by atoms with E-state index in [1.807, 2.05) is 0 Å². The number of hydrogen-bond acceptors (Lipinski definition) is 4. The summed E-state index contributed by atoms with van der Waals surface area (Å²) >= 11 is 4.63. The number of hydrogen-bond donors (Lipinski definition) is 1. The smallest absolute Gasteiger partial charge is 0.183 e. The molecule has 1 aliphatic rings. The van der Waals surface area contributed by atoms with Crippen LogP contribution >= 0.6 is 27.3 Å². The second kappa shape index (κ2) is 2.50. The second-order valence-electron chi connectivity index (χ2n) is 2.75. The van der Waals surface area contributed by atoms with Crippen LogP contribution in [0.1, 0.15) is 24.3 Å². The Labute approximate surface area is 76.6 Å². The third-order valence-electron chi connectivity index (χ3n) is 1.98. The van der Waals surface area contributed by atoms with E-state index >= 15 is 0 Å². The van der Waals surface area contributed by atoms with E-state index in [4.69, 9.17) is 0 Å². The SMILES string of the molecule is OC1(c2nnc(Br)s2)CCC1. The van der Waals surface area contributed by atoms with Gasteiger partial charge in [0.2, 0.25) is 0 Å². The highest BCUT2D eigenvalue weighted by molar-refractivity contribution is 9.11. The van der Waals surface area contributed by atoms with Crippen LogP contribution in [0.4, 0.5) is 0 Å². The average molecular weight is 235 g/mol. The Morgan fingerprint density at radius 2 is 2.18 bits per heavy atom. The molecule has 1 fully saturated rings. The normalized spacial score (nSPS) is 21.3. The van der Waals surface area contributed by atoms with Gasteiger partial charge in [-0.15, -0.1) is 10.2 Å². The lowest BCUT2D eigenvalue weighted by Crippen LogP contribution is -2.33. The first-order chi connectivity index (χ1) is 5.21. The molecule has 1 heterocycles. The topological polar surface area (TPSA) is 46.0 Å². The first-order valence-electron chi connectivity index (χ1n) is 3.43. The number of aromatic nitrogens is 2. The minimum atomic E-state index is -0.649. The van der Waals surface area contributed by atoms with Crippen LogP contribution in [0.5, 0.6) is 0 Å². The van der Waals surface area contributed by atoms with Gasteiger partial charge in [-0.3, -0.25) is 0 Å². The van der Waals surface area contributed by atoms with Crippen molar-refractivity contribution in [1.29, 1.82) is 0 Å². The zero-order valence-electron chi connectivity index (χ0n) is 5.75. The molecule has 0 radical (unpaired) electrons. The summed E-state index contributed by atoms with van der Waals surface area (Å²) in [7, 11) is 0. The van der Waals surface area contributed by atoms with Gasteiger partial charge in [-0.05, 0) is 35.2 Å². The maximum atomic E-state index is 9.78. The summed E-state index contributed by atoms with van der Waals surface area (Å²) in [4.78, 5) is 0. The molecule has 1 saturated carbocycles. The Morgan fingerprint density at radius 1 is 1.45 bits per heavy atom. The van der Waals surface area contributed by atoms with Crippen molar-refractivity contribution in [3.05, 3.63) is 8.92 Å². The monoisotopic (exact) mass is 234 g/mol. The number of halogens is 1. The molecular formula is C6H7BrN2OS. The third kappa shape index (κ3) is 1.21. The van der Waals surface area contributed by atoms with Gasteiger partial charge in [0.1, 0.15) is 10.6 Å². The molecule has 60 valence electrons. The fourth-order valence-corrected chi connectivity index (χ4v) is 2.38. The molecule has 1 aliphatic carbocycles. The van der Waals surface area contributed by atoms with Gasteiger partial charge in [-0.2, -0.15) is 0 Å². The van der Waals surface area contributed by atoms with Crippen LogP contribution in [0.3, 0.4) is 0 Å². The summed E-state index contributed by atoms with van der Waals surface area (Å²) in [5, 5.41) is 18.2. The minimum absolute atomic E-state index is 0.649. The van der Waals surface area contributed by atoms with Gasteiger partial charge in [-0.1, -0.05) is 11.3 Å². The van der Waals surface area contributed by atoms with Gasteiger partial charge < -0.3 is 5.11 Å². The lowest BCUT2D eigenvalue weighted by molar-refractivity contribution is -0.0394. The number of rotatable bonds is 1. The van der Waals surface area contributed by atoms with Crippen LogP contribution in [0.15, 0.2) is 3.92 Å². The molecule has 3 nitrogen and oxygen atoms in total. The van der Waals surface area contributed by atoms with E-state index in [1.54, 1.807) is 0 Å². The number of aliphatic hydroxyl groups is 1. The minimum Gasteiger partial charge on any atom is -0.383 e. The van der Waals surface area contributed by atoms with Crippen molar-refractivity contribution < 1.29 is 5.11 Å². The first-order valence-corrected chi connectivity index (χ1v) is 5.03. The summed E-state index contributed by atoms with van der Waals surface area (Å²) in [6, 6.07) is 0. The molecule has 0 amide bonds. The molecule has 0 atom stereocenters. The van der Waals surface area contributed by atoms with E-state index in [0.717, 1.165) is 28.2 Å². The van der Waals surface area contributed by atoms with Crippen LogP contribution in [0, 0.1) is 0 Å². The van der Waals surface area contributed by atoms with Gasteiger partial charge in [0.15, 0.2) is 3.92 Å². The Kier molecular flexibility index (Phi) is 1.74. The highest BCUT2D eigenvalue weighted by atomic mass is 79.9. The Balaban J connectivity index is 2.28. The summed E-state index contributed by atoms with van der Waals surface area (Å²) in [6.45, 7) is 0. The van der Waals surface area contributed by atoms with E-state index in [9.17, 15) is 5.11 Å². The zero-order chi connectivity index (χ0) is 7.90. The van der Waals surface area contributed by atoms with Gasteiger partial charge in [0.05, 0.1) is 0 Å². The second-order valence-corrected chi connectivity index (χ2v) is 5.00. The van der Waals surface area contributed by atoms with E-state index in [2.05, 4.69) is 26.1 Å². The summed E-state index contributed by atoms with van der Waals surface area (Å²) < 4.78 is 0.743. The van der Waals surface area contributed by atoms with Gasteiger partial charge in [-0.25, -0.2) is 0 Å². The molecule has 5 heteroatoms. The fourth-order valence-electron chi connectivity index (χ4n) is 1.12. The highest BCUT2D eigenvalue weighted by Crippen LogP contribution is 2.42. The standard InChI is InChI=1S/C6H7BrN2OS/c7-5-9-8-4(11-5)6(10)2-1-3-6/h10H,1-3H2. The quantitative estimate of drug-likeness (QED) is 0.805. The van der Waals surface area contributed by atoms with E-state index in [0.29, 0.717) is 0 Å². The Bertz CT molecular complexity index is 271. The molecule has 0 unspecified atom stereocenters. The van der Waals surface area contributed by atoms with Gasteiger partial charge in [0, 0.05) is 0 Å². The summed E-state index contributed by atoms with van der Waals surface area (Å²) in [6.07, 6.45) is 2.75. The van der Waals surface area contributed by atoms with E-state index in [-0.39, 0.29) is 0 Å². The van der Waals surface area contributed by atoms with Gasteiger partial charge >= 0.3 is 0 Å². The van der Waals surface area contributed by atoms with Crippen LogP contribution in [0.2, 0.25) is 0 Å². The number of nitrogens with zero attached hydrogens (tertiary/aromatic N) is 2. The molecule has 2 rings (SSSR count). The Hall–Kier alpha value is -0.0000000000000000833. The predicted octanol–water partition coefficient (Wildman–Crippen LogP) is 1.67. The zero-order valence-corrected chi connectivity index (χ0v) is 8.15. The molecule has 0 saturated heterocycles. The van der Waals surface area contributed by atoms with Crippen molar-refractivity contribution in [2.75, 3.05) is 0 Å². The molecule has 0 bridgehead atoms. The van der Waals surface area contributed by atoms with Gasteiger partial charge in [0.25, 0.3) is 0 Å². The van der Waals surface area contributed by atoms with Crippen LogP contribution in [-0.2, 0) is 5.60 Å². The Morgan fingerprint density at radius 3 is 2.55 bits per heavy atom. The van der Waals surface area contributed by atoms with Crippen molar-refractivity contribution in [3.63, 3.8) is 0 Å². The first kappa shape index (κ1) is 7.64. The molecule has 1 aromatic rings. The van der Waals surface area contributed by atoms with E-state index < -0.39 is 5.60 Å². The van der Waals surface area contributed by atoms with Crippen LogP contribution < -0.4 is 0 Å². The van der Waals surface area contributed by atoms with Crippen molar-refractivity contribution in [2.24, 2.45) is 0 Å². The summed E-state index contributed by atoms with van der Waals surface area (Å²) in [5.74, 6) is 0. The lowest BCUT2D eigenvalue weighted by atomic mass is 9.81. The lowest BCUT2D eigenvalue weighted by Gasteiger charge is -2.33. The van der Waals surface area contributed by atoms with Crippen molar-refractivity contribution in [3.8, 4) is 0 Å². The van der Waals surface area contributed by atoms with Crippen molar-refractivity contribution >= 4 is 27.3 Å². The van der Waals surface area contributed by atoms with E-state index in [1.165, 1.54) is 11.3 Å².